The minimum atomic E-state index is 0. The quantitative estimate of drug-likeness (QED) is 0.139. The Balaban J connectivity index is 0.000000228. The molecule has 0 aliphatic rings. The van der Waals surface area contributed by atoms with E-state index in [-0.39, 0.29) is 12.4 Å². The van der Waals surface area contributed by atoms with E-state index < -0.39 is 0 Å². The molecular formula is C29H21Cl2I2N5O. The Kier molecular flexibility index (Phi) is 10.5. The second-order valence-corrected chi connectivity index (χ2v) is 11.0. The van der Waals surface area contributed by atoms with Gasteiger partial charge in [-0.3, -0.25) is 0 Å². The van der Waals surface area contributed by atoms with Crippen molar-refractivity contribution in [1.29, 1.82) is 0 Å². The lowest BCUT2D eigenvalue weighted by molar-refractivity contribution is 0.306. The van der Waals surface area contributed by atoms with E-state index in [1.54, 1.807) is 6.33 Å². The summed E-state index contributed by atoms with van der Waals surface area (Å²) in [6.45, 7) is 0.558. The average molecular weight is 780 g/mol. The van der Waals surface area contributed by atoms with Crippen molar-refractivity contribution in [3.05, 3.63) is 122 Å². The summed E-state index contributed by atoms with van der Waals surface area (Å²) in [5, 5.41) is 5.79. The summed E-state index contributed by atoms with van der Waals surface area (Å²) in [6.07, 6.45) is 3.05. The first-order valence-electron chi connectivity index (χ1n) is 11.5. The molecule has 2 heterocycles. The van der Waals surface area contributed by atoms with Gasteiger partial charge < -0.3 is 10.1 Å². The number of fused-ring (bicyclic) bond motifs is 2. The van der Waals surface area contributed by atoms with Crippen LogP contribution in [0, 0.1) is 7.14 Å². The fraction of sp³-hybridized carbons (Fsp3) is 0.0345. The summed E-state index contributed by atoms with van der Waals surface area (Å²) in [4.78, 5) is 16.7. The van der Waals surface area contributed by atoms with E-state index in [0.717, 1.165) is 51.8 Å². The molecular weight excluding hydrogens is 759 g/mol. The predicted molar refractivity (Wildman–Crippen MR) is 177 cm³/mol. The van der Waals surface area contributed by atoms with Crippen LogP contribution in [0.5, 0.6) is 5.75 Å². The number of nitrogens with zero attached hydrogens (tertiary/aromatic N) is 4. The van der Waals surface area contributed by atoms with Gasteiger partial charge in [-0.2, -0.15) is 0 Å². The molecule has 6 rings (SSSR count). The first-order valence-corrected chi connectivity index (χ1v) is 14.1. The van der Waals surface area contributed by atoms with Crippen LogP contribution >= 0.6 is 69.2 Å². The molecule has 0 atom stereocenters. The third kappa shape index (κ3) is 7.87. The second-order valence-electron chi connectivity index (χ2n) is 8.13. The van der Waals surface area contributed by atoms with Crippen molar-refractivity contribution in [2.45, 2.75) is 6.61 Å². The van der Waals surface area contributed by atoms with Crippen molar-refractivity contribution in [3.63, 3.8) is 0 Å². The third-order valence-electron chi connectivity index (χ3n) is 5.51. The Morgan fingerprint density at radius 1 is 0.692 bits per heavy atom. The fourth-order valence-electron chi connectivity index (χ4n) is 3.64. The van der Waals surface area contributed by atoms with Gasteiger partial charge in [0.05, 0.1) is 11.0 Å². The van der Waals surface area contributed by atoms with Crippen LogP contribution in [0.25, 0.3) is 21.8 Å². The molecule has 0 radical (unpaired) electrons. The van der Waals surface area contributed by atoms with Crippen LogP contribution in [0.3, 0.4) is 0 Å². The standard InChI is InChI=1S/C21H16IN3O.C8H4ClIN2.ClH/c22-16-6-11-20-19(12-16)21(24-14-23-20)25-17-7-9-18(10-8-17)26-13-15-4-2-1-3-5-15;9-8-6-3-5(10)1-2-7(6)11-4-12-8;/h1-12,14H,13H2,(H,23,24,25);1-4H;1H. The highest BCUT2D eigenvalue weighted by atomic mass is 127. The zero-order valence-corrected chi connectivity index (χ0v) is 26.1. The zero-order valence-electron chi connectivity index (χ0n) is 20.3. The van der Waals surface area contributed by atoms with Crippen molar-refractivity contribution >= 4 is 103 Å². The number of anilines is 2. The Morgan fingerprint density at radius 2 is 1.31 bits per heavy atom. The summed E-state index contributed by atoms with van der Waals surface area (Å²) in [6, 6.07) is 30.0. The van der Waals surface area contributed by atoms with Gasteiger partial charge in [-0.25, -0.2) is 19.9 Å². The van der Waals surface area contributed by atoms with Gasteiger partial charge in [-0.1, -0.05) is 41.9 Å². The number of aromatic nitrogens is 4. The minimum Gasteiger partial charge on any atom is -0.489 e. The van der Waals surface area contributed by atoms with Gasteiger partial charge >= 0.3 is 0 Å². The summed E-state index contributed by atoms with van der Waals surface area (Å²) in [5.74, 6) is 1.63. The van der Waals surface area contributed by atoms with Crippen LogP contribution in [0.15, 0.2) is 104 Å². The van der Waals surface area contributed by atoms with Gasteiger partial charge in [0.2, 0.25) is 0 Å². The summed E-state index contributed by atoms with van der Waals surface area (Å²) in [7, 11) is 0. The molecule has 0 aliphatic heterocycles. The van der Waals surface area contributed by atoms with Crippen molar-refractivity contribution in [1.82, 2.24) is 19.9 Å². The zero-order chi connectivity index (χ0) is 26.3. The molecule has 0 unspecified atom stereocenters. The van der Waals surface area contributed by atoms with E-state index in [4.69, 9.17) is 16.3 Å². The van der Waals surface area contributed by atoms with Crippen molar-refractivity contribution in [2.75, 3.05) is 5.32 Å². The number of hydrogen-bond acceptors (Lipinski definition) is 6. The molecule has 1 N–H and O–H groups in total. The van der Waals surface area contributed by atoms with Gasteiger partial charge in [0.15, 0.2) is 0 Å². The van der Waals surface area contributed by atoms with Gasteiger partial charge in [0.1, 0.15) is 36.0 Å². The molecule has 0 fully saturated rings. The third-order valence-corrected chi connectivity index (χ3v) is 7.15. The number of rotatable bonds is 5. The number of halogens is 4. The van der Waals surface area contributed by atoms with Gasteiger partial charge in [-0.05, 0) is 111 Å². The molecule has 10 heteroatoms. The Morgan fingerprint density at radius 3 is 2.00 bits per heavy atom. The first-order chi connectivity index (χ1) is 18.5. The van der Waals surface area contributed by atoms with E-state index in [1.807, 2.05) is 72.8 Å². The van der Waals surface area contributed by atoms with Gasteiger partial charge in [-0.15, -0.1) is 12.4 Å². The highest BCUT2D eigenvalue weighted by molar-refractivity contribution is 14.1. The molecule has 4 aromatic carbocycles. The normalized spacial score (nSPS) is 10.3. The number of nitrogens with one attached hydrogen (secondary N) is 1. The molecule has 39 heavy (non-hydrogen) atoms. The Bertz CT molecular complexity index is 1690. The van der Waals surface area contributed by atoms with Crippen LogP contribution in [-0.4, -0.2) is 19.9 Å². The summed E-state index contributed by atoms with van der Waals surface area (Å²) >= 11 is 10.4. The Hall–Kier alpha value is -2.80. The van der Waals surface area contributed by atoms with E-state index in [9.17, 15) is 0 Å². The molecule has 6 nitrogen and oxygen atoms in total. The smallest absolute Gasteiger partial charge is 0.141 e. The predicted octanol–water partition coefficient (Wildman–Crippen LogP) is 8.87. The minimum absolute atomic E-state index is 0. The molecule has 0 saturated carbocycles. The maximum Gasteiger partial charge on any atom is 0.141 e. The van der Waals surface area contributed by atoms with Crippen LogP contribution in [0.4, 0.5) is 11.5 Å². The fourth-order valence-corrected chi connectivity index (χ4v) is 4.82. The molecule has 0 aliphatic carbocycles. The SMILES string of the molecule is Cl.Clc1ncnc2ccc(I)cc12.Ic1ccc2ncnc(Nc3ccc(OCc4ccccc4)cc3)c2c1. The largest absolute Gasteiger partial charge is 0.489 e. The molecule has 0 saturated heterocycles. The number of hydrogen-bond donors (Lipinski definition) is 1. The van der Waals surface area contributed by atoms with Crippen LogP contribution < -0.4 is 10.1 Å². The lowest BCUT2D eigenvalue weighted by Crippen LogP contribution is -1.97. The van der Waals surface area contributed by atoms with E-state index >= 15 is 0 Å². The lowest BCUT2D eigenvalue weighted by Gasteiger charge is -2.10. The molecule has 196 valence electrons. The monoisotopic (exact) mass is 779 g/mol. The average Bonchev–Trinajstić information content (AvgIpc) is 2.94. The van der Waals surface area contributed by atoms with Crippen molar-refractivity contribution in [2.24, 2.45) is 0 Å². The summed E-state index contributed by atoms with van der Waals surface area (Å²) in [5.41, 5.74) is 3.91. The molecule has 6 aromatic rings. The molecule has 0 bridgehead atoms. The number of ether oxygens (including phenoxy) is 1. The maximum absolute atomic E-state index is 5.87. The van der Waals surface area contributed by atoms with Gasteiger partial charge in [0.25, 0.3) is 0 Å². The molecule has 0 amide bonds. The van der Waals surface area contributed by atoms with Crippen molar-refractivity contribution < 1.29 is 4.74 Å². The Labute approximate surface area is 264 Å². The van der Waals surface area contributed by atoms with Crippen molar-refractivity contribution in [3.8, 4) is 5.75 Å². The molecule has 0 spiro atoms. The van der Waals surface area contributed by atoms with Crippen LogP contribution in [0.1, 0.15) is 5.56 Å². The first kappa shape index (κ1) is 29.2. The van der Waals surface area contributed by atoms with E-state index in [0.29, 0.717) is 11.8 Å². The maximum atomic E-state index is 5.87. The van der Waals surface area contributed by atoms with Gasteiger partial charge in [0, 0.05) is 23.6 Å². The summed E-state index contributed by atoms with van der Waals surface area (Å²) < 4.78 is 8.12. The highest BCUT2D eigenvalue weighted by Gasteiger charge is 2.05. The van der Waals surface area contributed by atoms with E-state index in [1.165, 1.54) is 6.33 Å². The van der Waals surface area contributed by atoms with Crippen LogP contribution in [0.2, 0.25) is 5.15 Å². The second kappa shape index (κ2) is 14.0. The molecule has 2 aromatic heterocycles. The van der Waals surface area contributed by atoms with Crippen LogP contribution in [-0.2, 0) is 6.61 Å². The highest BCUT2D eigenvalue weighted by Crippen LogP contribution is 2.26. The van der Waals surface area contributed by atoms with E-state index in [2.05, 4.69) is 88.6 Å². The topological polar surface area (TPSA) is 72.8 Å². The lowest BCUT2D eigenvalue weighted by atomic mass is 10.2. The number of benzene rings is 4.